The summed E-state index contributed by atoms with van der Waals surface area (Å²) in [5.74, 6) is 0.469. The number of H-pyrrole nitrogens is 1. The van der Waals surface area contributed by atoms with E-state index < -0.39 is 5.97 Å². The van der Waals surface area contributed by atoms with Gasteiger partial charge in [-0.15, -0.1) is 0 Å². The first-order valence-corrected chi connectivity index (χ1v) is 13.1. The Kier molecular flexibility index (Phi) is 7.53. The maximum absolute atomic E-state index is 12.0. The molecule has 2 aliphatic heterocycles. The number of imidazole rings is 1. The summed E-state index contributed by atoms with van der Waals surface area (Å²) in [4.78, 5) is 31.8. The highest BCUT2D eigenvalue weighted by Gasteiger charge is 2.29. The molecule has 0 radical (unpaired) electrons. The number of fused-ring (bicyclic) bond motifs is 1. The number of ether oxygens (including phenoxy) is 2. The number of nitrogens with one attached hydrogen (secondary N) is 1. The van der Waals surface area contributed by atoms with Gasteiger partial charge in [0.2, 0.25) is 0 Å². The van der Waals surface area contributed by atoms with Crippen LogP contribution in [0, 0.1) is 24.7 Å². The largest absolute Gasteiger partial charge is 0.481 e. The number of carboxylic acids is 1. The van der Waals surface area contributed by atoms with E-state index >= 15 is 0 Å². The number of carbonyl (C=O) groups is 1. The Morgan fingerprint density at radius 3 is 2.56 bits per heavy atom. The van der Waals surface area contributed by atoms with Crippen LogP contribution in [0.25, 0.3) is 22.4 Å². The van der Waals surface area contributed by atoms with E-state index in [1.54, 1.807) is 6.20 Å². The zero-order valence-electron chi connectivity index (χ0n) is 20.9. The van der Waals surface area contributed by atoms with Crippen LogP contribution in [0.1, 0.15) is 43.2 Å². The van der Waals surface area contributed by atoms with Crippen LogP contribution in [0.4, 0.5) is 0 Å². The van der Waals surface area contributed by atoms with Crippen molar-refractivity contribution in [3.8, 4) is 11.4 Å². The van der Waals surface area contributed by atoms with Crippen LogP contribution in [0.15, 0.2) is 35.3 Å². The van der Waals surface area contributed by atoms with Crippen molar-refractivity contribution in [1.82, 2.24) is 14.5 Å². The molecule has 0 unspecified atom stereocenters. The summed E-state index contributed by atoms with van der Waals surface area (Å²) in [6, 6.07) is 8.21. The van der Waals surface area contributed by atoms with Gasteiger partial charge in [0.05, 0.1) is 17.0 Å². The van der Waals surface area contributed by atoms with Gasteiger partial charge in [0.25, 0.3) is 5.56 Å². The van der Waals surface area contributed by atoms with E-state index in [0.29, 0.717) is 37.5 Å². The molecule has 0 aliphatic carbocycles. The highest BCUT2D eigenvalue weighted by Crippen LogP contribution is 2.31. The second kappa shape index (κ2) is 11.0. The smallest absolute Gasteiger partial charge is 0.306 e. The summed E-state index contributed by atoms with van der Waals surface area (Å²) in [6.45, 7) is 5.52. The Morgan fingerprint density at radius 2 is 1.86 bits per heavy atom. The Balaban J connectivity index is 1.44. The van der Waals surface area contributed by atoms with Gasteiger partial charge >= 0.3 is 5.97 Å². The predicted octanol–water partition coefficient (Wildman–Crippen LogP) is 4.19. The van der Waals surface area contributed by atoms with Crippen molar-refractivity contribution >= 4 is 17.0 Å². The molecule has 5 rings (SSSR count). The van der Waals surface area contributed by atoms with Crippen LogP contribution in [0.2, 0.25) is 0 Å². The molecule has 8 heteroatoms. The number of hydrogen-bond donors (Lipinski definition) is 2. The summed E-state index contributed by atoms with van der Waals surface area (Å²) in [5.41, 5.74) is 4.51. The van der Waals surface area contributed by atoms with E-state index in [0.717, 1.165) is 73.4 Å². The second-order valence-corrected chi connectivity index (χ2v) is 10.3. The fraction of sp³-hybridized carbons (Fsp3) is 0.536. The molecule has 1 atom stereocenters. The molecule has 2 saturated heterocycles. The highest BCUT2D eigenvalue weighted by molar-refractivity contribution is 5.81. The molecule has 8 nitrogen and oxygen atoms in total. The third-order valence-corrected chi connectivity index (χ3v) is 7.84. The number of carboxylic acid groups (broad SMARTS) is 1. The van der Waals surface area contributed by atoms with Crippen molar-refractivity contribution in [2.24, 2.45) is 17.8 Å². The summed E-state index contributed by atoms with van der Waals surface area (Å²) >= 11 is 0. The lowest BCUT2D eigenvalue weighted by Crippen LogP contribution is -2.29. The molecule has 0 amide bonds. The molecular weight excluding hydrogens is 458 g/mol. The molecule has 0 spiro atoms. The molecule has 1 aromatic carbocycles. The maximum Gasteiger partial charge on any atom is 0.306 e. The van der Waals surface area contributed by atoms with E-state index in [1.165, 1.54) is 0 Å². The minimum absolute atomic E-state index is 0.0920. The van der Waals surface area contributed by atoms with E-state index in [1.807, 2.05) is 13.0 Å². The third-order valence-electron chi connectivity index (χ3n) is 7.84. The lowest BCUT2D eigenvalue weighted by atomic mass is 9.82. The zero-order valence-corrected chi connectivity index (χ0v) is 20.9. The number of hydrogen-bond acceptors (Lipinski definition) is 5. The normalized spacial score (nSPS) is 18.5. The summed E-state index contributed by atoms with van der Waals surface area (Å²) in [5, 5.41) is 9.85. The lowest BCUT2D eigenvalue weighted by molar-refractivity contribution is -0.145. The van der Waals surface area contributed by atoms with Crippen LogP contribution >= 0.6 is 0 Å². The van der Waals surface area contributed by atoms with E-state index in [2.05, 4.69) is 27.8 Å². The lowest BCUT2D eigenvalue weighted by Gasteiger charge is -2.27. The molecule has 192 valence electrons. The van der Waals surface area contributed by atoms with E-state index in [9.17, 15) is 14.7 Å². The SMILES string of the molecule is Cc1cc(-c2nc3cc(CC[C@H](C(=O)O)C4CCOCC4)ccc3n2CC2CCOCC2)c[nH]c1=O. The Labute approximate surface area is 210 Å². The minimum Gasteiger partial charge on any atom is -0.481 e. The van der Waals surface area contributed by atoms with Gasteiger partial charge < -0.3 is 24.1 Å². The Hall–Kier alpha value is -2.97. The number of pyridine rings is 1. The molecular formula is C28H35N3O5. The molecule has 4 heterocycles. The minimum atomic E-state index is -0.709. The maximum atomic E-state index is 12.0. The van der Waals surface area contributed by atoms with Gasteiger partial charge in [0.1, 0.15) is 5.82 Å². The molecule has 0 bridgehead atoms. The van der Waals surface area contributed by atoms with Crippen molar-refractivity contribution in [3.05, 3.63) is 51.9 Å². The fourth-order valence-corrected chi connectivity index (χ4v) is 5.65. The number of aryl methyl sites for hydroxylation is 2. The summed E-state index contributed by atoms with van der Waals surface area (Å²) in [7, 11) is 0. The van der Waals surface area contributed by atoms with Crippen molar-refractivity contribution in [3.63, 3.8) is 0 Å². The number of nitrogens with zero attached hydrogens (tertiary/aromatic N) is 2. The van der Waals surface area contributed by atoms with E-state index in [4.69, 9.17) is 14.5 Å². The van der Waals surface area contributed by atoms with Crippen LogP contribution in [-0.2, 0) is 27.2 Å². The summed E-state index contributed by atoms with van der Waals surface area (Å²) in [6.07, 6.45) is 6.71. The van der Waals surface area contributed by atoms with Gasteiger partial charge in [-0.05, 0) is 81.0 Å². The van der Waals surface area contributed by atoms with Crippen molar-refractivity contribution in [2.45, 2.75) is 52.0 Å². The number of aliphatic carboxylic acids is 1. The topological polar surface area (TPSA) is 106 Å². The molecule has 2 aliphatic rings. The molecule has 2 aromatic heterocycles. The molecule has 0 saturated carbocycles. The van der Waals surface area contributed by atoms with Crippen LogP contribution in [0.5, 0.6) is 0 Å². The molecule has 2 fully saturated rings. The number of rotatable bonds is 8. The van der Waals surface area contributed by atoms with Gasteiger partial charge in [-0.2, -0.15) is 0 Å². The molecule has 2 N–H and O–H groups in total. The predicted molar refractivity (Wildman–Crippen MR) is 137 cm³/mol. The second-order valence-electron chi connectivity index (χ2n) is 10.3. The first-order valence-electron chi connectivity index (χ1n) is 13.1. The van der Waals surface area contributed by atoms with E-state index in [-0.39, 0.29) is 17.4 Å². The van der Waals surface area contributed by atoms with Crippen LogP contribution in [-0.4, -0.2) is 52.0 Å². The fourth-order valence-electron chi connectivity index (χ4n) is 5.65. The van der Waals surface area contributed by atoms with Gasteiger partial charge in [-0.3, -0.25) is 9.59 Å². The monoisotopic (exact) mass is 493 g/mol. The molecule has 3 aromatic rings. The highest BCUT2D eigenvalue weighted by atomic mass is 16.5. The van der Waals surface area contributed by atoms with Crippen molar-refractivity contribution < 1.29 is 19.4 Å². The van der Waals surface area contributed by atoms with Gasteiger partial charge in [-0.1, -0.05) is 6.07 Å². The number of aromatic nitrogens is 3. The number of aromatic amines is 1. The standard InChI is InChI=1S/C28H35N3O5/c1-18-14-22(16-29-27(18)32)26-30-24-15-19(2-4-23(28(33)34)21-8-12-36-13-9-21)3-5-25(24)31(26)17-20-6-10-35-11-7-20/h3,5,14-16,20-21,23H,2,4,6-13,17H2,1H3,(H,29,32)(H,33,34)/t23-/m0/s1. The van der Waals surface area contributed by atoms with Gasteiger partial charge in [-0.25, -0.2) is 4.98 Å². The van der Waals surface area contributed by atoms with Gasteiger partial charge in [0.15, 0.2) is 0 Å². The van der Waals surface area contributed by atoms with Gasteiger partial charge in [0, 0.05) is 50.3 Å². The van der Waals surface area contributed by atoms with Crippen molar-refractivity contribution in [2.75, 3.05) is 26.4 Å². The number of benzene rings is 1. The zero-order chi connectivity index (χ0) is 25.1. The van der Waals surface area contributed by atoms with Crippen molar-refractivity contribution in [1.29, 1.82) is 0 Å². The molecule has 36 heavy (non-hydrogen) atoms. The van der Waals surface area contributed by atoms with Crippen LogP contribution < -0.4 is 5.56 Å². The Morgan fingerprint density at radius 1 is 1.14 bits per heavy atom. The average molecular weight is 494 g/mol. The first kappa shape index (κ1) is 24.7. The quantitative estimate of drug-likeness (QED) is 0.487. The average Bonchev–Trinajstić information content (AvgIpc) is 3.24. The Bertz CT molecular complexity index is 1270. The third kappa shape index (κ3) is 5.39. The van der Waals surface area contributed by atoms with Crippen LogP contribution in [0.3, 0.4) is 0 Å². The first-order chi connectivity index (χ1) is 17.5. The summed E-state index contributed by atoms with van der Waals surface area (Å²) < 4.78 is 13.3.